The summed E-state index contributed by atoms with van der Waals surface area (Å²) < 4.78 is 15.8. The van der Waals surface area contributed by atoms with Crippen molar-refractivity contribution in [2.75, 3.05) is 20.8 Å². The Bertz CT molecular complexity index is 639. The Morgan fingerprint density at radius 1 is 1.19 bits per heavy atom. The zero-order chi connectivity index (χ0) is 20.2. The standard InChI is InChI=1S/C21H31NO5/c1-6-7-12-27-18-10-8-16(14-19(18)25-4)9-11-20(23)22-17(13-15(2)3)21(24)26-5/h8-11,14-15,17H,6-7,12-13H2,1-5H3,(H,22,23)/b11-9+. The molecule has 0 bridgehead atoms. The Hall–Kier alpha value is -2.50. The van der Waals surface area contributed by atoms with Crippen LogP contribution in [-0.2, 0) is 14.3 Å². The van der Waals surface area contributed by atoms with Crippen molar-refractivity contribution in [3.8, 4) is 11.5 Å². The van der Waals surface area contributed by atoms with Gasteiger partial charge in [-0.15, -0.1) is 0 Å². The molecule has 0 aliphatic heterocycles. The fraction of sp³-hybridized carbons (Fsp3) is 0.524. The van der Waals surface area contributed by atoms with E-state index in [1.165, 1.54) is 13.2 Å². The lowest BCUT2D eigenvalue weighted by atomic mass is 10.0. The summed E-state index contributed by atoms with van der Waals surface area (Å²) in [6.07, 6.45) is 5.61. The molecule has 0 saturated heterocycles. The molecule has 0 fully saturated rings. The van der Waals surface area contributed by atoms with Crippen LogP contribution in [0, 0.1) is 5.92 Å². The van der Waals surface area contributed by atoms with E-state index in [1.54, 1.807) is 19.3 Å². The van der Waals surface area contributed by atoms with Crippen LogP contribution in [0.25, 0.3) is 6.08 Å². The molecular formula is C21H31NO5. The summed E-state index contributed by atoms with van der Waals surface area (Å²) in [5, 5.41) is 2.69. The minimum Gasteiger partial charge on any atom is -0.493 e. The third-order valence-corrected chi connectivity index (χ3v) is 3.88. The number of methoxy groups -OCH3 is 2. The predicted octanol–water partition coefficient (Wildman–Crippen LogP) is 3.59. The first-order chi connectivity index (χ1) is 12.9. The van der Waals surface area contributed by atoms with E-state index in [-0.39, 0.29) is 11.8 Å². The first kappa shape index (κ1) is 22.5. The van der Waals surface area contributed by atoms with Crippen LogP contribution in [0.2, 0.25) is 0 Å². The zero-order valence-electron chi connectivity index (χ0n) is 16.9. The molecular weight excluding hydrogens is 346 g/mol. The van der Waals surface area contributed by atoms with E-state index >= 15 is 0 Å². The van der Waals surface area contributed by atoms with Gasteiger partial charge in [-0.25, -0.2) is 4.79 Å². The van der Waals surface area contributed by atoms with Crippen molar-refractivity contribution < 1.29 is 23.8 Å². The van der Waals surface area contributed by atoms with Gasteiger partial charge in [-0.1, -0.05) is 33.3 Å². The first-order valence-electron chi connectivity index (χ1n) is 9.28. The molecule has 1 unspecified atom stereocenters. The highest BCUT2D eigenvalue weighted by Gasteiger charge is 2.21. The molecule has 0 aliphatic carbocycles. The molecule has 150 valence electrons. The van der Waals surface area contributed by atoms with Crippen LogP contribution in [0.15, 0.2) is 24.3 Å². The Kier molecular flexibility index (Phi) is 10.0. The highest BCUT2D eigenvalue weighted by molar-refractivity contribution is 5.94. The second-order valence-electron chi connectivity index (χ2n) is 6.66. The smallest absolute Gasteiger partial charge is 0.328 e. The predicted molar refractivity (Wildman–Crippen MR) is 106 cm³/mol. The Morgan fingerprint density at radius 2 is 1.93 bits per heavy atom. The number of nitrogens with one attached hydrogen (secondary N) is 1. The van der Waals surface area contributed by atoms with Crippen molar-refractivity contribution in [1.29, 1.82) is 0 Å². The topological polar surface area (TPSA) is 73.9 Å². The number of hydrogen-bond acceptors (Lipinski definition) is 5. The molecule has 0 aromatic heterocycles. The third kappa shape index (κ3) is 8.15. The highest BCUT2D eigenvalue weighted by atomic mass is 16.5. The van der Waals surface area contributed by atoms with Crippen molar-refractivity contribution in [3.63, 3.8) is 0 Å². The molecule has 0 radical (unpaired) electrons. The molecule has 27 heavy (non-hydrogen) atoms. The fourth-order valence-electron chi connectivity index (χ4n) is 2.45. The van der Waals surface area contributed by atoms with Gasteiger partial charge in [0.05, 0.1) is 20.8 Å². The molecule has 1 rings (SSSR count). The van der Waals surface area contributed by atoms with E-state index in [0.29, 0.717) is 24.5 Å². The van der Waals surface area contributed by atoms with Crippen LogP contribution in [0.5, 0.6) is 11.5 Å². The van der Waals surface area contributed by atoms with Gasteiger partial charge in [0.1, 0.15) is 6.04 Å². The van der Waals surface area contributed by atoms with Gasteiger partial charge >= 0.3 is 5.97 Å². The summed E-state index contributed by atoms with van der Waals surface area (Å²) in [6.45, 7) is 6.70. The van der Waals surface area contributed by atoms with E-state index in [1.807, 2.05) is 26.0 Å². The summed E-state index contributed by atoms with van der Waals surface area (Å²) in [5.41, 5.74) is 0.795. The van der Waals surface area contributed by atoms with E-state index in [9.17, 15) is 9.59 Å². The molecule has 0 saturated carbocycles. The molecule has 1 aromatic rings. The van der Waals surface area contributed by atoms with Crippen molar-refractivity contribution in [1.82, 2.24) is 5.32 Å². The van der Waals surface area contributed by atoms with Gasteiger partial charge in [-0.3, -0.25) is 4.79 Å². The average molecular weight is 377 g/mol. The molecule has 6 heteroatoms. The summed E-state index contributed by atoms with van der Waals surface area (Å²) in [7, 11) is 2.89. The van der Waals surface area contributed by atoms with Crippen LogP contribution in [0.3, 0.4) is 0 Å². The maximum atomic E-state index is 12.2. The molecule has 1 N–H and O–H groups in total. The quantitative estimate of drug-likeness (QED) is 0.362. The monoisotopic (exact) mass is 377 g/mol. The fourth-order valence-corrected chi connectivity index (χ4v) is 2.45. The Morgan fingerprint density at radius 3 is 2.52 bits per heavy atom. The maximum absolute atomic E-state index is 12.2. The van der Waals surface area contributed by atoms with Crippen molar-refractivity contribution in [3.05, 3.63) is 29.8 Å². The zero-order valence-corrected chi connectivity index (χ0v) is 16.9. The first-order valence-corrected chi connectivity index (χ1v) is 9.28. The summed E-state index contributed by atoms with van der Waals surface area (Å²) in [5.74, 6) is 0.744. The van der Waals surface area contributed by atoms with E-state index < -0.39 is 12.0 Å². The second kappa shape index (κ2) is 12.0. The lowest BCUT2D eigenvalue weighted by Crippen LogP contribution is -2.41. The van der Waals surface area contributed by atoms with Crippen LogP contribution in [0.1, 0.15) is 45.6 Å². The molecule has 0 aliphatic rings. The number of unbranched alkanes of at least 4 members (excludes halogenated alkanes) is 1. The number of rotatable bonds is 11. The van der Waals surface area contributed by atoms with Crippen LogP contribution in [0.4, 0.5) is 0 Å². The van der Waals surface area contributed by atoms with Crippen LogP contribution < -0.4 is 14.8 Å². The maximum Gasteiger partial charge on any atom is 0.328 e. The summed E-state index contributed by atoms with van der Waals surface area (Å²) >= 11 is 0. The second-order valence-corrected chi connectivity index (χ2v) is 6.66. The van der Waals surface area contributed by atoms with Gasteiger partial charge in [0.25, 0.3) is 0 Å². The largest absolute Gasteiger partial charge is 0.493 e. The Labute approximate surface area is 161 Å². The number of carbonyl (C=O) groups is 2. The van der Waals surface area contributed by atoms with Gasteiger partial charge < -0.3 is 19.5 Å². The number of carbonyl (C=O) groups excluding carboxylic acids is 2. The van der Waals surface area contributed by atoms with Gasteiger partial charge in [-0.05, 0) is 42.5 Å². The average Bonchev–Trinajstić information content (AvgIpc) is 2.65. The van der Waals surface area contributed by atoms with Gasteiger partial charge in [-0.2, -0.15) is 0 Å². The number of hydrogen-bond donors (Lipinski definition) is 1. The minimum atomic E-state index is -0.656. The number of esters is 1. The summed E-state index contributed by atoms with van der Waals surface area (Å²) in [6, 6.07) is 4.81. The van der Waals surface area contributed by atoms with Gasteiger partial charge in [0, 0.05) is 6.08 Å². The molecule has 1 aromatic carbocycles. The van der Waals surface area contributed by atoms with Gasteiger partial charge in [0.2, 0.25) is 5.91 Å². The van der Waals surface area contributed by atoms with E-state index in [2.05, 4.69) is 12.2 Å². The SMILES string of the molecule is CCCCOc1ccc(/C=C/C(=O)NC(CC(C)C)C(=O)OC)cc1OC. The lowest BCUT2D eigenvalue weighted by molar-refractivity contribution is -0.145. The van der Waals surface area contributed by atoms with Gasteiger partial charge in [0.15, 0.2) is 11.5 Å². The number of benzene rings is 1. The number of ether oxygens (including phenoxy) is 3. The molecule has 0 spiro atoms. The summed E-state index contributed by atoms with van der Waals surface area (Å²) in [4.78, 5) is 24.0. The van der Waals surface area contributed by atoms with Crippen molar-refractivity contribution >= 4 is 18.0 Å². The molecule has 1 atom stereocenters. The highest BCUT2D eigenvalue weighted by Crippen LogP contribution is 2.28. The van der Waals surface area contributed by atoms with E-state index in [0.717, 1.165) is 18.4 Å². The van der Waals surface area contributed by atoms with Crippen LogP contribution in [-0.4, -0.2) is 38.7 Å². The third-order valence-electron chi connectivity index (χ3n) is 3.88. The van der Waals surface area contributed by atoms with E-state index in [4.69, 9.17) is 14.2 Å². The molecule has 6 nitrogen and oxygen atoms in total. The molecule has 0 heterocycles. The Balaban J connectivity index is 2.76. The lowest BCUT2D eigenvalue weighted by Gasteiger charge is -2.17. The minimum absolute atomic E-state index is 0.253. The van der Waals surface area contributed by atoms with Crippen molar-refractivity contribution in [2.24, 2.45) is 5.92 Å². The molecule has 1 amide bonds. The normalized spacial score (nSPS) is 12.1. The number of amides is 1. The van der Waals surface area contributed by atoms with Crippen molar-refractivity contribution in [2.45, 2.75) is 46.1 Å². The van der Waals surface area contributed by atoms with Crippen LogP contribution >= 0.6 is 0 Å².